The Balaban J connectivity index is 1.31. The molecule has 1 amide bonds. The van der Waals surface area contributed by atoms with E-state index < -0.39 is 42.9 Å². The molecular formula is C37H34N3O8PS. The molecule has 2 heterocycles. The monoisotopic (exact) mass is 711 g/mol. The second-order valence-electron chi connectivity index (χ2n) is 11.4. The molecular weight excluding hydrogens is 677 g/mol. The van der Waals surface area contributed by atoms with E-state index in [1.165, 1.54) is 16.8 Å². The van der Waals surface area contributed by atoms with Crippen LogP contribution in [0.2, 0.25) is 0 Å². The number of hydrogen-bond donors (Lipinski definition) is 1. The molecule has 0 spiro atoms. The van der Waals surface area contributed by atoms with E-state index in [4.69, 9.17) is 35.7 Å². The van der Waals surface area contributed by atoms with Gasteiger partial charge in [0.2, 0.25) is 0 Å². The lowest BCUT2D eigenvalue weighted by molar-refractivity contribution is -0.0908. The summed E-state index contributed by atoms with van der Waals surface area (Å²) in [5.41, 5.74) is 1.08. The predicted octanol–water partition coefficient (Wildman–Crippen LogP) is 6.40. The highest BCUT2D eigenvalue weighted by Gasteiger charge is 2.44. The number of carbonyl (C=O) groups is 1. The fourth-order valence-corrected chi connectivity index (χ4v) is 6.78. The Morgan fingerprint density at radius 2 is 1.44 bits per heavy atom. The normalized spacial score (nSPS) is 17.6. The molecule has 1 N–H and O–H groups in total. The van der Waals surface area contributed by atoms with Crippen LogP contribution in [0.25, 0.3) is 0 Å². The van der Waals surface area contributed by atoms with E-state index in [-0.39, 0.29) is 18.8 Å². The Bertz CT molecular complexity index is 1930. The van der Waals surface area contributed by atoms with E-state index in [1.807, 2.05) is 78.9 Å². The van der Waals surface area contributed by atoms with Crippen molar-refractivity contribution < 1.29 is 32.8 Å². The smallest absolute Gasteiger partial charge is 0.372 e. The van der Waals surface area contributed by atoms with Crippen molar-refractivity contribution >= 4 is 31.2 Å². The molecule has 4 aromatic carbocycles. The first-order valence-corrected chi connectivity index (χ1v) is 17.9. The first kappa shape index (κ1) is 35.0. The summed E-state index contributed by atoms with van der Waals surface area (Å²) in [5.74, 6) is 1.05. The molecule has 1 aliphatic rings. The molecule has 11 nitrogen and oxygen atoms in total. The van der Waals surface area contributed by atoms with E-state index in [0.29, 0.717) is 17.1 Å². The molecule has 0 saturated carbocycles. The zero-order valence-corrected chi connectivity index (χ0v) is 28.9. The molecule has 1 aromatic heterocycles. The van der Waals surface area contributed by atoms with Crippen molar-refractivity contribution in [2.24, 2.45) is 0 Å². The lowest BCUT2D eigenvalue weighted by Crippen LogP contribution is -2.38. The Hall–Kier alpha value is -4.84. The van der Waals surface area contributed by atoms with Gasteiger partial charge in [0.05, 0.1) is 20.8 Å². The third-order valence-corrected chi connectivity index (χ3v) is 9.16. The number of carbonyl (C=O) groups excluding carboxylic acids is 1. The van der Waals surface area contributed by atoms with Crippen molar-refractivity contribution in [2.75, 3.05) is 26.1 Å². The Kier molecular flexibility index (Phi) is 11.1. The van der Waals surface area contributed by atoms with Gasteiger partial charge in [0, 0.05) is 18.2 Å². The van der Waals surface area contributed by atoms with Crippen LogP contribution in [0.5, 0.6) is 11.5 Å². The average molecular weight is 712 g/mol. The van der Waals surface area contributed by atoms with Gasteiger partial charge in [-0.3, -0.25) is 9.36 Å². The van der Waals surface area contributed by atoms with E-state index in [0.717, 1.165) is 16.7 Å². The molecule has 50 heavy (non-hydrogen) atoms. The Labute approximate surface area is 295 Å². The molecule has 4 atom stereocenters. The highest BCUT2D eigenvalue weighted by molar-refractivity contribution is 8.25. The lowest BCUT2D eigenvalue weighted by atomic mass is 9.80. The molecule has 0 aliphatic carbocycles. The zero-order valence-electron chi connectivity index (χ0n) is 27.2. The van der Waals surface area contributed by atoms with Gasteiger partial charge in [0.25, 0.3) is 5.91 Å². The van der Waals surface area contributed by atoms with Gasteiger partial charge in [0.15, 0.2) is 0 Å². The number of hydrogen-bond acceptors (Lipinski definition) is 10. The molecule has 1 fully saturated rings. The highest BCUT2D eigenvalue weighted by atomic mass is 32.7. The summed E-state index contributed by atoms with van der Waals surface area (Å²) in [7, 11) is 0.774. The molecule has 1 saturated heterocycles. The standard InChI is InChI=1S/C37H34N3O8PS/c1-44-29-17-13-27(14-18-29)37(26-11-7-4-8-12-26,28-15-19-30(45-2)20-16-28)46-24-32-31(48-49(43)50)23-34(47-32)40-22-21-33(39-36(40)42)38-35(41)25-9-5-3-6-10-25/h3-22,31-32,34H,23-24H2,1-2H3,(H,38,39,41,42)/t31-,32+,34+/m0/s1. The maximum absolute atomic E-state index is 13.2. The molecule has 13 heteroatoms. The topological polar surface area (TPSA) is 127 Å². The third kappa shape index (κ3) is 7.65. The van der Waals surface area contributed by atoms with Gasteiger partial charge in [-0.2, -0.15) is 9.51 Å². The molecule has 256 valence electrons. The van der Waals surface area contributed by atoms with Crippen molar-refractivity contribution in [1.82, 2.24) is 9.55 Å². The molecule has 0 radical (unpaired) electrons. The number of ether oxygens (including phenoxy) is 4. The quantitative estimate of drug-likeness (QED) is 0.0833. The average Bonchev–Trinajstić information content (AvgIpc) is 3.54. The summed E-state index contributed by atoms with van der Waals surface area (Å²) >= 11 is 4.93. The number of aromatic nitrogens is 2. The summed E-state index contributed by atoms with van der Waals surface area (Å²) in [6, 6.07) is 35.0. The van der Waals surface area contributed by atoms with E-state index in [1.54, 1.807) is 44.6 Å². The predicted molar refractivity (Wildman–Crippen MR) is 190 cm³/mol. The maximum atomic E-state index is 13.2. The van der Waals surface area contributed by atoms with Crippen molar-refractivity contribution in [1.29, 1.82) is 0 Å². The van der Waals surface area contributed by atoms with Gasteiger partial charge < -0.3 is 36.5 Å². The van der Waals surface area contributed by atoms with Gasteiger partial charge >= 0.3 is 12.9 Å². The molecule has 0 bridgehead atoms. The molecule has 1 aliphatic heterocycles. The number of nitrogens with zero attached hydrogens (tertiary/aromatic N) is 2. The molecule has 6 rings (SSSR count). The van der Waals surface area contributed by atoms with Crippen molar-refractivity contribution in [3.05, 3.63) is 154 Å². The maximum Gasteiger partial charge on any atom is 0.372 e. The number of benzene rings is 4. The van der Waals surface area contributed by atoms with Crippen molar-refractivity contribution in [3.8, 4) is 11.5 Å². The molecule has 5 aromatic rings. The number of amides is 1. The van der Waals surface area contributed by atoms with Crippen LogP contribution in [0.15, 0.2) is 126 Å². The Morgan fingerprint density at radius 3 is 1.98 bits per heavy atom. The van der Waals surface area contributed by atoms with Gasteiger partial charge in [0.1, 0.15) is 41.4 Å². The minimum absolute atomic E-state index is 0.0416. The lowest BCUT2D eigenvalue weighted by Gasteiger charge is -2.37. The van der Waals surface area contributed by atoms with Crippen LogP contribution in [0.4, 0.5) is 5.82 Å². The minimum atomic E-state index is -2.43. The summed E-state index contributed by atoms with van der Waals surface area (Å²) < 4.78 is 43.4. The summed E-state index contributed by atoms with van der Waals surface area (Å²) in [5, 5.41) is 2.64. The van der Waals surface area contributed by atoms with E-state index in [2.05, 4.69) is 10.3 Å². The molecule has 1 unspecified atom stereocenters. The van der Waals surface area contributed by atoms with Crippen molar-refractivity contribution in [3.63, 3.8) is 0 Å². The van der Waals surface area contributed by atoms with Crippen LogP contribution in [-0.4, -0.2) is 48.5 Å². The number of anilines is 1. The number of nitrogens with one attached hydrogen (secondary N) is 1. The van der Waals surface area contributed by atoms with E-state index >= 15 is 0 Å². The van der Waals surface area contributed by atoms with Crippen LogP contribution in [0.3, 0.4) is 0 Å². The highest BCUT2D eigenvalue weighted by Crippen LogP contribution is 2.43. The SMILES string of the molecule is COc1ccc(C(OC[C@H]2O[C@@H](n3ccc(NC(=O)c4ccccc4)nc3=O)C[C@@H]2O[P+](=O)[S-])(c2ccccc2)c2ccc(OC)cc2)cc1. The van der Waals surface area contributed by atoms with Gasteiger partial charge in [-0.05, 0) is 59.2 Å². The van der Waals surface area contributed by atoms with Gasteiger partial charge in [-0.15, -0.1) is 0 Å². The van der Waals surface area contributed by atoms with Crippen LogP contribution in [0, 0.1) is 0 Å². The van der Waals surface area contributed by atoms with Crippen LogP contribution in [-0.2, 0) is 36.4 Å². The summed E-state index contributed by atoms with van der Waals surface area (Å²) in [6.07, 6.45) is -0.772. The zero-order chi connectivity index (χ0) is 35.1. The first-order chi connectivity index (χ1) is 24.3. The fourth-order valence-electron chi connectivity index (χ4n) is 6.00. The fraction of sp³-hybridized carbons (Fsp3) is 0.216. The first-order valence-electron chi connectivity index (χ1n) is 15.7. The second-order valence-corrected chi connectivity index (χ2v) is 12.9. The van der Waals surface area contributed by atoms with E-state index in [9.17, 15) is 14.2 Å². The van der Waals surface area contributed by atoms with Crippen molar-refractivity contribution in [2.45, 2.75) is 30.5 Å². The van der Waals surface area contributed by atoms with Gasteiger partial charge in [-0.1, -0.05) is 77.4 Å². The number of methoxy groups -OCH3 is 2. The second kappa shape index (κ2) is 15.8. The number of rotatable bonds is 13. The summed E-state index contributed by atoms with van der Waals surface area (Å²) in [6.45, 7) is -0.0416. The Morgan fingerprint density at radius 1 is 0.880 bits per heavy atom. The van der Waals surface area contributed by atoms with Crippen LogP contribution >= 0.6 is 7.23 Å². The van der Waals surface area contributed by atoms with Crippen LogP contribution in [0.1, 0.15) is 39.7 Å². The summed E-state index contributed by atoms with van der Waals surface area (Å²) in [4.78, 5) is 29.9. The minimum Gasteiger partial charge on any atom is -0.497 e. The third-order valence-electron chi connectivity index (χ3n) is 8.46. The van der Waals surface area contributed by atoms with Crippen LogP contribution < -0.4 is 20.5 Å². The largest absolute Gasteiger partial charge is 0.497 e. The van der Waals surface area contributed by atoms with Gasteiger partial charge in [-0.25, -0.2) is 4.79 Å².